The summed E-state index contributed by atoms with van der Waals surface area (Å²) in [4.78, 5) is 36.0. The summed E-state index contributed by atoms with van der Waals surface area (Å²) in [7, 11) is 1.49. The standard InChI is InChI=1S/C13H25N3O4/c1-5-7-16(8-10(17)14-4)13(20)15-11(12(18)19)9(3)6-2/h9,11H,5-8H2,1-4H3,(H,14,17)(H,15,20)(H,18,19)/t9?,11-/m0/s1. The number of carbonyl (C=O) groups is 3. The van der Waals surface area contributed by atoms with Gasteiger partial charge >= 0.3 is 12.0 Å². The molecule has 0 aliphatic rings. The van der Waals surface area contributed by atoms with Crippen molar-refractivity contribution in [3.63, 3.8) is 0 Å². The minimum absolute atomic E-state index is 0.0803. The van der Waals surface area contributed by atoms with Crippen LogP contribution in [-0.4, -0.2) is 54.1 Å². The van der Waals surface area contributed by atoms with E-state index in [1.165, 1.54) is 11.9 Å². The number of rotatable bonds is 8. The highest BCUT2D eigenvalue weighted by atomic mass is 16.4. The van der Waals surface area contributed by atoms with Gasteiger partial charge in [-0.2, -0.15) is 0 Å². The van der Waals surface area contributed by atoms with Crippen molar-refractivity contribution in [1.29, 1.82) is 0 Å². The normalized spacial score (nSPS) is 13.2. The summed E-state index contributed by atoms with van der Waals surface area (Å²) in [6.45, 7) is 5.83. The summed E-state index contributed by atoms with van der Waals surface area (Å²) in [5.41, 5.74) is 0. The molecule has 3 N–H and O–H groups in total. The lowest BCUT2D eigenvalue weighted by Gasteiger charge is -2.26. The third kappa shape index (κ3) is 5.90. The predicted molar refractivity (Wildman–Crippen MR) is 75.3 cm³/mol. The minimum Gasteiger partial charge on any atom is -0.480 e. The molecule has 116 valence electrons. The third-order valence-electron chi connectivity index (χ3n) is 3.15. The van der Waals surface area contributed by atoms with Crippen LogP contribution in [0.3, 0.4) is 0 Å². The Bertz CT molecular complexity index is 347. The molecule has 20 heavy (non-hydrogen) atoms. The maximum Gasteiger partial charge on any atom is 0.326 e. The lowest BCUT2D eigenvalue weighted by Crippen LogP contribution is -2.52. The Morgan fingerprint density at radius 2 is 1.85 bits per heavy atom. The molecule has 0 saturated heterocycles. The number of nitrogens with zero attached hydrogens (tertiary/aromatic N) is 1. The molecule has 0 aliphatic carbocycles. The number of urea groups is 1. The molecule has 0 radical (unpaired) electrons. The molecule has 0 aromatic rings. The van der Waals surface area contributed by atoms with Crippen LogP contribution in [0.5, 0.6) is 0 Å². The van der Waals surface area contributed by atoms with Crippen LogP contribution in [0.1, 0.15) is 33.6 Å². The van der Waals surface area contributed by atoms with Gasteiger partial charge in [-0.3, -0.25) is 4.79 Å². The van der Waals surface area contributed by atoms with Crippen LogP contribution in [0.4, 0.5) is 4.79 Å². The van der Waals surface area contributed by atoms with Gasteiger partial charge in [0.25, 0.3) is 0 Å². The zero-order valence-corrected chi connectivity index (χ0v) is 12.6. The molecule has 0 aromatic heterocycles. The van der Waals surface area contributed by atoms with Crippen LogP contribution in [0.15, 0.2) is 0 Å². The summed E-state index contributed by atoms with van der Waals surface area (Å²) in [5, 5.41) is 14.1. The maximum atomic E-state index is 12.1. The van der Waals surface area contributed by atoms with Crippen molar-refractivity contribution < 1.29 is 19.5 Å². The molecule has 0 bridgehead atoms. The van der Waals surface area contributed by atoms with E-state index in [0.717, 1.165) is 0 Å². The molecule has 0 rings (SSSR count). The first-order valence-corrected chi connectivity index (χ1v) is 6.86. The second kappa shape index (κ2) is 9.17. The van der Waals surface area contributed by atoms with Gasteiger partial charge in [0.05, 0.1) is 0 Å². The second-order valence-corrected chi connectivity index (χ2v) is 4.75. The van der Waals surface area contributed by atoms with Crippen molar-refractivity contribution in [3.05, 3.63) is 0 Å². The molecule has 3 amide bonds. The Morgan fingerprint density at radius 1 is 1.25 bits per heavy atom. The summed E-state index contributed by atoms with van der Waals surface area (Å²) < 4.78 is 0. The topological polar surface area (TPSA) is 98.7 Å². The summed E-state index contributed by atoms with van der Waals surface area (Å²) in [6.07, 6.45) is 1.33. The molecule has 2 atom stereocenters. The van der Waals surface area contributed by atoms with Gasteiger partial charge in [0.2, 0.25) is 5.91 Å². The summed E-state index contributed by atoms with van der Waals surface area (Å²) >= 11 is 0. The first kappa shape index (κ1) is 18.2. The highest BCUT2D eigenvalue weighted by Crippen LogP contribution is 2.08. The van der Waals surface area contributed by atoms with E-state index < -0.39 is 18.0 Å². The molecular weight excluding hydrogens is 262 g/mol. The average molecular weight is 287 g/mol. The Morgan fingerprint density at radius 3 is 2.25 bits per heavy atom. The van der Waals surface area contributed by atoms with E-state index in [9.17, 15) is 14.4 Å². The summed E-state index contributed by atoms with van der Waals surface area (Å²) in [5.74, 6) is -1.53. The van der Waals surface area contributed by atoms with Gasteiger partial charge in [-0.15, -0.1) is 0 Å². The largest absolute Gasteiger partial charge is 0.480 e. The minimum atomic E-state index is -1.07. The van der Waals surface area contributed by atoms with Crippen molar-refractivity contribution in [2.75, 3.05) is 20.1 Å². The Kier molecular flexibility index (Phi) is 8.35. The first-order chi connectivity index (χ1) is 9.37. The van der Waals surface area contributed by atoms with Crippen molar-refractivity contribution in [2.45, 2.75) is 39.7 Å². The lowest BCUT2D eigenvalue weighted by molar-refractivity contribution is -0.140. The number of amides is 3. The van der Waals surface area contributed by atoms with Gasteiger partial charge < -0.3 is 20.6 Å². The maximum absolute atomic E-state index is 12.1. The van der Waals surface area contributed by atoms with Gasteiger partial charge in [-0.25, -0.2) is 9.59 Å². The smallest absolute Gasteiger partial charge is 0.326 e. The highest BCUT2D eigenvalue weighted by Gasteiger charge is 2.27. The van der Waals surface area contributed by atoms with Crippen molar-refractivity contribution in [2.24, 2.45) is 5.92 Å². The molecule has 0 fully saturated rings. The molecule has 0 aromatic carbocycles. The number of carbonyl (C=O) groups excluding carboxylic acids is 2. The van der Waals surface area contributed by atoms with E-state index >= 15 is 0 Å². The van der Waals surface area contributed by atoms with E-state index in [1.807, 2.05) is 13.8 Å². The fourth-order valence-corrected chi connectivity index (χ4v) is 1.68. The Balaban J connectivity index is 4.79. The average Bonchev–Trinajstić information content (AvgIpc) is 2.42. The SMILES string of the molecule is CCCN(CC(=O)NC)C(=O)N[C@H](C(=O)O)C(C)CC. The van der Waals surface area contributed by atoms with Gasteiger partial charge in [0.1, 0.15) is 12.6 Å². The number of hydrogen-bond acceptors (Lipinski definition) is 3. The van der Waals surface area contributed by atoms with Crippen molar-refractivity contribution in [3.8, 4) is 0 Å². The molecule has 0 aliphatic heterocycles. The Hall–Kier alpha value is -1.79. The monoisotopic (exact) mass is 287 g/mol. The number of carboxylic acids is 1. The predicted octanol–water partition coefficient (Wildman–Crippen LogP) is 0.653. The van der Waals surface area contributed by atoms with Crippen LogP contribution in [-0.2, 0) is 9.59 Å². The van der Waals surface area contributed by atoms with E-state index in [2.05, 4.69) is 10.6 Å². The summed E-state index contributed by atoms with van der Waals surface area (Å²) in [6, 6.07) is -1.47. The third-order valence-corrected chi connectivity index (χ3v) is 3.15. The number of likely N-dealkylation sites (N-methyl/N-ethyl adjacent to an activating group) is 1. The molecule has 0 saturated carbocycles. The van der Waals surface area contributed by atoms with Crippen LogP contribution >= 0.6 is 0 Å². The quantitative estimate of drug-likeness (QED) is 0.610. The van der Waals surface area contributed by atoms with Gasteiger partial charge in [-0.05, 0) is 12.3 Å². The van der Waals surface area contributed by atoms with Crippen LogP contribution in [0, 0.1) is 5.92 Å². The van der Waals surface area contributed by atoms with Gasteiger partial charge in [-0.1, -0.05) is 27.2 Å². The van der Waals surface area contributed by atoms with E-state index in [1.54, 1.807) is 6.92 Å². The molecule has 7 heteroatoms. The second-order valence-electron chi connectivity index (χ2n) is 4.75. The van der Waals surface area contributed by atoms with Crippen LogP contribution < -0.4 is 10.6 Å². The zero-order valence-electron chi connectivity index (χ0n) is 12.6. The van der Waals surface area contributed by atoms with Crippen molar-refractivity contribution >= 4 is 17.9 Å². The fraction of sp³-hybridized carbons (Fsp3) is 0.769. The number of nitrogens with one attached hydrogen (secondary N) is 2. The highest BCUT2D eigenvalue weighted by molar-refractivity contribution is 5.86. The number of hydrogen-bond donors (Lipinski definition) is 3. The molecule has 1 unspecified atom stereocenters. The molecule has 0 heterocycles. The molecular formula is C13H25N3O4. The number of aliphatic carboxylic acids is 1. The van der Waals surface area contributed by atoms with Crippen molar-refractivity contribution in [1.82, 2.24) is 15.5 Å². The van der Waals surface area contributed by atoms with E-state index in [0.29, 0.717) is 19.4 Å². The molecule has 0 spiro atoms. The van der Waals surface area contributed by atoms with Crippen LogP contribution in [0.2, 0.25) is 0 Å². The lowest BCUT2D eigenvalue weighted by atomic mass is 9.99. The van der Waals surface area contributed by atoms with Gasteiger partial charge in [0, 0.05) is 13.6 Å². The first-order valence-electron chi connectivity index (χ1n) is 6.86. The fourth-order valence-electron chi connectivity index (χ4n) is 1.68. The van der Waals surface area contributed by atoms with E-state index in [-0.39, 0.29) is 18.4 Å². The zero-order chi connectivity index (χ0) is 15.7. The number of carboxylic acid groups (broad SMARTS) is 1. The molecule has 7 nitrogen and oxygen atoms in total. The van der Waals surface area contributed by atoms with Crippen LogP contribution in [0.25, 0.3) is 0 Å². The van der Waals surface area contributed by atoms with E-state index in [4.69, 9.17) is 5.11 Å². The van der Waals surface area contributed by atoms with Gasteiger partial charge in [0.15, 0.2) is 0 Å². The Labute approximate surface area is 119 Å².